The van der Waals surface area contributed by atoms with Crippen molar-refractivity contribution in [3.63, 3.8) is 0 Å². The van der Waals surface area contributed by atoms with Crippen LogP contribution < -0.4 is 5.32 Å². The Labute approximate surface area is 163 Å². The highest BCUT2D eigenvalue weighted by atomic mass is 32.2. The number of carbonyl (C=O) groups excluding carboxylic acids is 1. The molecule has 3 rings (SSSR count). The number of hydrogen-bond acceptors (Lipinski definition) is 4. The maximum atomic E-state index is 13.1. The summed E-state index contributed by atoms with van der Waals surface area (Å²) in [5.41, 5.74) is 0.699. The predicted molar refractivity (Wildman–Crippen MR) is 105 cm³/mol. The Kier molecular flexibility index (Phi) is 6.18. The molecule has 1 aliphatic rings. The van der Waals surface area contributed by atoms with Gasteiger partial charge in [-0.05, 0) is 61.6 Å². The number of amides is 1. The second kappa shape index (κ2) is 8.41. The van der Waals surface area contributed by atoms with E-state index in [1.807, 2.05) is 30.5 Å². The molecule has 8 heteroatoms. The van der Waals surface area contributed by atoms with Crippen LogP contribution in [0.15, 0.2) is 58.3 Å². The average Bonchev–Trinajstić information content (AvgIpc) is 2.68. The maximum absolute atomic E-state index is 13.1. The number of sulfonamides is 1. The van der Waals surface area contributed by atoms with E-state index in [-0.39, 0.29) is 17.3 Å². The molecule has 144 valence electrons. The van der Waals surface area contributed by atoms with Crippen molar-refractivity contribution in [2.75, 3.05) is 24.7 Å². The highest BCUT2D eigenvalue weighted by Crippen LogP contribution is 2.26. The fourth-order valence-electron chi connectivity index (χ4n) is 3.08. The normalized spacial score (nSPS) is 18.2. The van der Waals surface area contributed by atoms with Gasteiger partial charge in [-0.25, -0.2) is 12.8 Å². The second-order valence-corrected chi connectivity index (χ2v) is 9.19. The van der Waals surface area contributed by atoms with Gasteiger partial charge in [-0.1, -0.05) is 6.07 Å². The van der Waals surface area contributed by atoms with Gasteiger partial charge in [-0.3, -0.25) is 4.79 Å². The van der Waals surface area contributed by atoms with E-state index in [1.54, 1.807) is 11.8 Å². The first-order chi connectivity index (χ1) is 12.9. The SMILES string of the molecule is CSc1cccc(NC(=O)[C@H]2CCCN(S(=O)(=O)c3ccc(F)cc3)C2)c1. The molecule has 1 atom stereocenters. The highest BCUT2D eigenvalue weighted by Gasteiger charge is 2.33. The van der Waals surface area contributed by atoms with E-state index < -0.39 is 21.8 Å². The van der Waals surface area contributed by atoms with Crippen molar-refractivity contribution in [2.24, 2.45) is 5.92 Å². The summed E-state index contributed by atoms with van der Waals surface area (Å²) in [5.74, 6) is -1.10. The molecule has 0 unspecified atom stereocenters. The van der Waals surface area contributed by atoms with Crippen LogP contribution in [-0.2, 0) is 14.8 Å². The molecule has 1 heterocycles. The molecule has 1 N–H and O–H groups in total. The molecule has 0 spiro atoms. The predicted octanol–water partition coefficient (Wildman–Crippen LogP) is 3.59. The van der Waals surface area contributed by atoms with Gasteiger partial charge in [0.05, 0.1) is 10.8 Å². The lowest BCUT2D eigenvalue weighted by atomic mass is 9.99. The molecule has 5 nitrogen and oxygen atoms in total. The Balaban J connectivity index is 1.71. The molecule has 0 saturated carbocycles. The molecule has 1 saturated heterocycles. The van der Waals surface area contributed by atoms with Gasteiger partial charge in [-0.2, -0.15) is 4.31 Å². The van der Waals surface area contributed by atoms with Crippen molar-refractivity contribution in [3.05, 3.63) is 54.3 Å². The lowest BCUT2D eigenvalue weighted by Gasteiger charge is -2.31. The van der Waals surface area contributed by atoms with Crippen LogP contribution in [0, 0.1) is 11.7 Å². The zero-order valence-electron chi connectivity index (χ0n) is 14.9. The zero-order chi connectivity index (χ0) is 19.4. The van der Waals surface area contributed by atoms with Gasteiger partial charge in [0, 0.05) is 23.7 Å². The second-order valence-electron chi connectivity index (χ2n) is 6.38. The largest absolute Gasteiger partial charge is 0.326 e. The lowest BCUT2D eigenvalue weighted by molar-refractivity contribution is -0.120. The van der Waals surface area contributed by atoms with E-state index in [2.05, 4.69) is 5.32 Å². The standard InChI is InChI=1S/C19H21FN2O3S2/c1-26-17-6-2-5-16(12-17)21-19(23)14-4-3-11-22(13-14)27(24,25)18-9-7-15(20)8-10-18/h2,5-10,12,14H,3-4,11,13H2,1H3,(H,21,23)/t14-/m0/s1. The minimum absolute atomic E-state index is 0.0395. The van der Waals surface area contributed by atoms with E-state index in [9.17, 15) is 17.6 Å². The summed E-state index contributed by atoms with van der Waals surface area (Å²) in [6.45, 7) is 0.471. The molecule has 1 aliphatic heterocycles. The third-order valence-electron chi connectivity index (χ3n) is 4.54. The summed E-state index contributed by atoms with van der Waals surface area (Å²) in [7, 11) is -3.75. The Bertz CT molecular complexity index is 917. The van der Waals surface area contributed by atoms with Crippen molar-refractivity contribution in [1.82, 2.24) is 4.31 Å². The number of rotatable bonds is 5. The lowest BCUT2D eigenvalue weighted by Crippen LogP contribution is -2.43. The van der Waals surface area contributed by atoms with Gasteiger partial charge < -0.3 is 5.32 Å². The minimum atomic E-state index is -3.75. The van der Waals surface area contributed by atoms with Crippen molar-refractivity contribution in [2.45, 2.75) is 22.6 Å². The zero-order valence-corrected chi connectivity index (χ0v) is 16.5. The van der Waals surface area contributed by atoms with Gasteiger partial charge >= 0.3 is 0 Å². The summed E-state index contributed by atoms with van der Waals surface area (Å²) in [6, 6.07) is 12.3. The van der Waals surface area contributed by atoms with E-state index >= 15 is 0 Å². The van der Waals surface area contributed by atoms with E-state index in [1.165, 1.54) is 16.4 Å². The number of nitrogens with zero attached hydrogens (tertiary/aromatic N) is 1. The monoisotopic (exact) mass is 408 g/mol. The van der Waals surface area contributed by atoms with Crippen LogP contribution in [0.3, 0.4) is 0 Å². The molecule has 0 bridgehead atoms. The molecule has 1 amide bonds. The fraction of sp³-hybridized carbons (Fsp3) is 0.316. The molecule has 1 fully saturated rings. The Morgan fingerprint density at radius 3 is 2.67 bits per heavy atom. The fourth-order valence-corrected chi connectivity index (χ4v) is 5.06. The van der Waals surface area contributed by atoms with Gasteiger partial charge in [0.25, 0.3) is 0 Å². The Morgan fingerprint density at radius 2 is 1.96 bits per heavy atom. The van der Waals surface area contributed by atoms with Gasteiger partial charge in [0.15, 0.2) is 0 Å². The molecule has 27 heavy (non-hydrogen) atoms. The summed E-state index contributed by atoms with van der Waals surface area (Å²) in [5, 5.41) is 2.88. The van der Waals surface area contributed by atoms with Crippen LogP contribution in [-0.4, -0.2) is 38.0 Å². The number of thioether (sulfide) groups is 1. The van der Waals surface area contributed by atoms with Crippen molar-refractivity contribution in [3.8, 4) is 0 Å². The van der Waals surface area contributed by atoms with Crippen LogP contribution in [0.1, 0.15) is 12.8 Å². The summed E-state index contributed by atoms with van der Waals surface area (Å²) in [6.07, 6.45) is 3.19. The molecule has 0 aliphatic carbocycles. The first-order valence-electron chi connectivity index (χ1n) is 8.61. The minimum Gasteiger partial charge on any atom is -0.326 e. The summed E-state index contributed by atoms with van der Waals surface area (Å²) >= 11 is 1.58. The number of benzene rings is 2. The maximum Gasteiger partial charge on any atom is 0.243 e. The van der Waals surface area contributed by atoms with Gasteiger partial charge in [0.2, 0.25) is 15.9 Å². The average molecular weight is 409 g/mol. The third-order valence-corrected chi connectivity index (χ3v) is 7.15. The van der Waals surface area contributed by atoms with Crippen LogP contribution in [0.5, 0.6) is 0 Å². The number of hydrogen-bond donors (Lipinski definition) is 1. The van der Waals surface area contributed by atoms with Gasteiger partial charge in [0.1, 0.15) is 5.82 Å². The number of halogens is 1. The third kappa shape index (κ3) is 4.69. The van der Waals surface area contributed by atoms with Gasteiger partial charge in [-0.15, -0.1) is 11.8 Å². The van der Waals surface area contributed by atoms with E-state index in [4.69, 9.17) is 0 Å². The summed E-state index contributed by atoms with van der Waals surface area (Å²) in [4.78, 5) is 13.7. The first kappa shape index (κ1) is 19.9. The molecule has 2 aromatic carbocycles. The van der Waals surface area contributed by atoms with Crippen LogP contribution in [0.25, 0.3) is 0 Å². The van der Waals surface area contributed by atoms with Crippen molar-refractivity contribution in [1.29, 1.82) is 0 Å². The number of carbonyl (C=O) groups is 1. The smallest absolute Gasteiger partial charge is 0.243 e. The topological polar surface area (TPSA) is 66.5 Å². The quantitative estimate of drug-likeness (QED) is 0.768. The number of anilines is 1. The van der Waals surface area contributed by atoms with Crippen molar-refractivity contribution >= 4 is 33.4 Å². The molecular formula is C19H21FN2O3S2. The Morgan fingerprint density at radius 1 is 1.22 bits per heavy atom. The van der Waals surface area contributed by atoms with Crippen LogP contribution >= 0.6 is 11.8 Å². The molecule has 0 radical (unpaired) electrons. The first-order valence-corrected chi connectivity index (χ1v) is 11.3. The van der Waals surface area contributed by atoms with E-state index in [0.29, 0.717) is 25.1 Å². The number of nitrogens with one attached hydrogen (secondary N) is 1. The highest BCUT2D eigenvalue weighted by molar-refractivity contribution is 7.98. The summed E-state index contributed by atoms with van der Waals surface area (Å²) < 4.78 is 40.0. The van der Waals surface area contributed by atoms with Crippen molar-refractivity contribution < 1.29 is 17.6 Å². The Hall–Kier alpha value is -1.90. The molecule has 0 aromatic heterocycles. The number of piperidine rings is 1. The van der Waals surface area contributed by atoms with Crippen LogP contribution in [0.4, 0.5) is 10.1 Å². The molecular weight excluding hydrogens is 387 g/mol. The molecule has 2 aromatic rings. The van der Waals surface area contributed by atoms with Crippen LogP contribution in [0.2, 0.25) is 0 Å². The van der Waals surface area contributed by atoms with E-state index in [0.717, 1.165) is 17.0 Å².